The highest BCUT2D eigenvalue weighted by Crippen LogP contribution is 2.26. The Hall–Kier alpha value is -2.53. The number of aromatic nitrogens is 2. The number of rotatable bonds is 5. The van der Waals surface area contributed by atoms with E-state index < -0.39 is 0 Å². The Kier molecular flexibility index (Phi) is 4.71. The molecule has 0 radical (unpaired) electrons. The fourth-order valence-corrected chi connectivity index (χ4v) is 2.95. The van der Waals surface area contributed by atoms with Gasteiger partial charge in [0.25, 0.3) is 0 Å². The molecule has 3 aromatic rings. The van der Waals surface area contributed by atoms with Crippen molar-refractivity contribution in [3.63, 3.8) is 0 Å². The van der Waals surface area contributed by atoms with Gasteiger partial charge in [-0.05, 0) is 36.2 Å². The van der Waals surface area contributed by atoms with Gasteiger partial charge in [-0.25, -0.2) is 0 Å². The Morgan fingerprint density at radius 3 is 2.75 bits per heavy atom. The highest BCUT2D eigenvalue weighted by Gasteiger charge is 2.12. The van der Waals surface area contributed by atoms with Crippen molar-refractivity contribution in [2.24, 2.45) is 7.05 Å². The van der Waals surface area contributed by atoms with Gasteiger partial charge in [0.05, 0.1) is 22.8 Å². The standard InChI is InChI=1S/C18H18ClN3O2/c1-22-16-4-2-3-14(19)18(16)15(21-22)11-20-17(24)10-7-12-5-8-13(23)9-6-12/h2-6,8-9,23H,7,10-11H2,1H3,(H,20,24). The summed E-state index contributed by atoms with van der Waals surface area (Å²) in [6.07, 6.45) is 0.999. The zero-order chi connectivity index (χ0) is 17.1. The maximum absolute atomic E-state index is 12.1. The van der Waals surface area contributed by atoms with Crippen LogP contribution in [0.1, 0.15) is 17.7 Å². The second-order valence-corrected chi connectivity index (χ2v) is 6.05. The normalized spacial score (nSPS) is 10.9. The molecule has 5 nitrogen and oxygen atoms in total. The quantitative estimate of drug-likeness (QED) is 0.747. The predicted molar refractivity (Wildman–Crippen MR) is 94.0 cm³/mol. The minimum Gasteiger partial charge on any atom is -0.508 e. The number of amides is 1. The SMILES string of the molecule is Cn1nc(CNC(=O)CCc2ccc(O)cc2)c2c(Cl)cccc21. The molecule has 0 unspecified atom stereocenters. The monoisotopic (exact) mass is 343 g/mol. The molecule has 0 aliphatic heterocycles. The molecule has 0 fully saturated rings. The summed E-state index contributed by atoms with van der Waals surface area (Å²) in [7, 11) is 1.86. The van der Waals surface area contributed by atoms with E-state index in [-0.39, 0.29) is 11.7 Å². The largest absolute Gasteiger partial charge is 0.508 e. The van der Waals surface area contributed by atoms with Gasteiger partial charge in [-0.1, -0.05) is 29.8 Å². The number of carbonyl (C=O) groups excluding carboxylic acids is 1. The zero-order valence-corrected chi connectivity index (χ0v) is 14.0. The number of nitrogens with one attached hydrogen (secondary N) is 1. The molecular formula is C18H18ClN3O2. The highest BCUT2D eigenvalue weighted by molar-refractivity contribution is 6.35. The van der Waals surface area contributed by atoms with E-state index in [1.165, 1.54) is 0 Å². The third kappa shape index (κ3) is 3.51. The first-order valence-electron chi connectivity index (χ1n) is 7.69. The summed E-state index contributed by atoms with van der Waals surface area (Å²) in [6, 6.07) is 12.5. The summed E-state index contributed by atoms with van der Waals surface area (Å²) in [5, 5.41) is 18.1. The van der Waals surface area contributed by atoms with Crippen LogP contribution in [0.15, 0.2) is 42.5 Å². The minimum atomic E-state index is -0.0473. The van der Waals surface area contributed by atoms with Crippen LogP contribution in [0.25, 0.3) is 10.9 Å². The maximum atomic E-state index is 12.1. The summed E-state index contributed by atoms with van der Waals surface area (Å²) in [5.74, 6) is 0.177. The summed E-state index contributed by atoms with van der Waals surface area (Å²) < 4.78 is 1.76. The van der Waals surface area contributed by atoms with Gasteiger partial charge in [0.1, 0.15) is 5.75 Å². The van der Waals surface area contributed by atoms with Crippen LogP contribution in [0.2, 0.25) is 5.02 Å². The van der Waals surface area contributed by atoms with Crippen molar-refractivity contribution in [3.05, 3.63) is 58.7 Å². The minimum absolute atomic E-state index is 0.0473. The Balaban J connectivity index is 1.61. The zero-order valence-electron chi connectivity index (χ0n) is 13.3. The van der Waals surface area contributed by atoms with E-state index >= 15 is 0 Å². The molecule has 2 N–H and O–H groups in total. The van der Waals surface area contributed by atoms with Crippen LogP contribution in [0.5, 0.6) is 5.75 Å². The molecule has 24 heavy (non-hydrogen) atoms. The van der Waals surface area contributed by atoms with Crippen LogP contribution in [-0.4, -0.2) is 20.8 Å². The third-order valence-electron chi connectivity index (χ3n) is 3.93. The molecule has 0 bridgehead atoms. The molecule has 0 spiro atoms. The van der Waals surface area contributed by atoms with E-state index in [0.29, 0.717) is 24.4 Å². The number of phenolic OH excluding ortho intramolecular Hbond substituents is 1. The second kappa shape index (κ2) is 6.93. The lowest BCUT2D eigenvalue weighted by atomic mass is 10.1. The molecule has 124 valence electrons. The van der Waals surface area contributed by atoms with Crippen molar-refractivity contribution in [2.75, 3.05) is 0 Å². The number of fused-ring (bicyclic) bond motifs is 1. The molecule has 2 aromatic carbocycles. The van der Waals surface area contributed by atoms with Gasteiger partial charge in [0.15, 0.2) is 0 Å². The maximum Gasteiger partial charge on any atom is 0.220 e. The van der Waals surface area contributed by atoms with Crippen molar-refractivity contribution in [2.45, 2.75) is 19.4 Å². The van der Waals surface area contributed by atoms with Gasteiger partial charge in [0.2, 0.25) is 5.91 Å². The number of hydrogen-bond donors (Lipinski definition) is 2. The number of aryl methyl sites for hydroxylation is 2. The molecule has 1 heterocycles. The van der Waals surface area contributed by atoms with Crippen LogP contribution in [0, 0.1) is 0 Å². The Morgan fingerprint density at radius 1 is 1.25 bits per heavy atom. The number of hydrogen-bond acceptors (Lipinski definition) is 3. The highest BCUT2D eigenvalue weighted by atomic mass is 35.5. The molecule has 0 aliphatic rings. The average molecular weight is 344 g/mol. The average Bonchev–Trinajstić information content (AvgIpc) is 2.90. The van der Waals surface area contributed by atoms with Crippen LogP contribution in [0.4, 0.5) is 0 Å². The fraction of sp³-hybridized carbons (Fsp3) is 0.222. The molecule has 0 saturated carbocycles. The van der Waals surface area contributed by atoms with Gasteiger partial charge in [-0.2, -0.15) is 5.10 Å². The number of benzene rings is 2. The summed E-state index contributed by atoms with van der Waals surface area (Å²) in [5.41, 5.74) is 2.71. The van der Waals surface area contributed by atoms with Gasteiger partial charge >= 0.3 is 0 Å². The van der Waals surface area contributed by atoms with E-state index in [2.05, 4.69) is 10.4 Å². The lowest BCUT2D eigenvalue weighted by Crippen LogP contribution is -2.23. The molecule has 1 amide bonds. The molecule has 0 saturated heterocycles. The molecule has 6 heteroatoms. The number of halogens is 1. The molecule has 0 aliphatic carbocycles. The van der Waals surface area contributed by atoms with Crippen molar-refractivity contribution < 1.29 is 9.90 Å². The van der Waals surface area contributed by atoms with Gasteiger partial charge in [-0.3, -0.25) is 9.48 Å². The first-order chi connectivity index (χ1) is 11.5. The molecule has 3 rings (SSSR count). The lowest BCUT2D eigenvalue weighted by Gasteiger charge is -2.05. The first-order valence-corrected chi connectivity index (χ1v) is 8.07. The van der Waals surface area contributed by atoms with Crippen molar-refractivity contribution in [1.29, 1.82) is 0 Å². The van der Waals surface area contributed by atoms with Gasteiger partial charge < -0.3 is 10.4 Å². The topological polar surface area (TPSA) is 67.2 Å². The molecule has 1 aromatic heterocycles. The van der Waals surface area contributed by atoms with Crippen molar-refractivity contribution in [3.8, 4) is 5.75 Å². The van der Waals surface area contributed by atoms with Crippen molar-refractivity contribution >= 4 is 28.4 Å². The summed E-state index contributed by atoms with van der Waals surface area (Å²) in [6.45, 7) is 0.343. The van der Waals surface area contributed by atoms with E-state index in [9.17, 15) is 9.90 Å². The number of nitrogens with zero attached hydrogens (tertiary/aromatic N) is 2. The fourth-order valence-electron chi connectivity index (χ4n) is 2.67. The van der Waals surface area contributed by atoms with E-state index in [4.69, 9.17) is 11.6 Å². The van der Waals surface area contributed by atoms with Crippen LogP contribution < -0.4 is 5.32 Å². The molecule has 0 atom stereocenters. The smallest absolute Gasteiger partial charge is 0.220 e. The number of carbonyl (C=O) groups is 1. The summed E-state index contributed by atoms with van der Waals surface area (Å²) >= 11 is 6.26. The Morgan fingerprint density at radius 2 is 2.00 bits per heavy atom. The lowest BCUT2D eigenvalue weighted by molar-refractivity contribution is -0.121. The van der Waals surface area contributed by atoms with Crippen LogP contribution in [0.3, 0.4) is 0 Å². The van der Waals surface area contributed by atoms with E-state index in [1.807, 2.05) is 37.4 Å². The predicted octanol–water partition coefficient (Wildman–Crippen LogP) is 3.18. The van der Waals surface area contributed by atoms with Gasteiger partial charge in [0, 0.05) is 18.9 Å². The second-order valence-electron chi connectivity index (χ2n) is 5.65. The van der Waals surface area contributed by atoms with Crippen molar-refractivity contribution in [1.82, 2.24) is 15.1 Å². The van der Waals surface area contributed by atoms with Crippen LogP contribution in [-0.2, 0) is 24.8 Å². The number of phenols is 1. The Labute approximate surface area is 144 Å². The Bertz CT molecular complexity index is 872. The van der Waals surface area contributed by atoms with E-state index in [0.717, 1.165) is 22.2 Å². The van der Waals surface area contributed by atoms with Crippen LogP contribution >= 0.6 is 11.6 Å². The third-order valence-corrected chi connectivity index (χ3v) is 4.24. The number of aromatic hydroxyl groups is 1. The summed E-state index contributed by atoms with van der Waals surface area (Å²) in [4.78, 5) is 12.1. The molecular weight excluding hydrogens is 326 g/mol. The first kappa shape index (κ1) is 16.3. The van der Waals surface area contributed by atoms with Gasteiger partial charge in [-0.15, -0.1) is 0 Å². The van der Waals surface area contributed by atoms with E-state index in [1.54, 1.807) is 16.8 Å².